The summed E-state index contributed by atoms with van der Waals surface area (Å²) in [6, 6.07) is 7.75. The first-order valence-corrected chi connectivity index (χ1v) is 5.73. The zero-order valence-corrected chi connectivity index (χ0v) is 10.3. The average Bonchev–Trinajstić information content (AvgIpc) is 2.33. The summed E-state index contributed by atoms with van der Waals surface area (Å²) >= 11 is 6.01. The summed E-state index contributed by atoms with van der Waals surface area (Å²) in [7, 11) is 0. The summed E-state index contributed by atoms with van der Waals surface area (Å²) in [5.41, 5.74) is 9.81. The number of nitrogens with two attached hydrogens (primary N) is 1. The number of hydrogen-bond acceptors (Lipinski definition) is 3. The van der Waals surface area contributed by atoms with Crippen LogP contribution < -0.4 is 11.1 Å². The number of aromatic nitrogens is 1. The molecule has 0 unspecified atom stereocenters. The van der Waals surface area contributed by atoms with E-state index in [9.17, 15) is 0 Å². The average molecular weight is 248 g/mol. The second-order valence-electron chi connectivity index (χ2n) is 3.84. The van der Waals surface area contributed by atoms with Gasteiger partial charge in [0.25, 0.3) is 0 Å². The van der Waals surface area contributed by atoms with Crippen LogP contribution in [0.5, 0.6) is 0 Å². The Balaban J connectivity index is 2.13. The van der Waals surface area contributed by atoms with E-state index in [0.717, 1.165) is 22.5 Å². The van der Waals surface area contributed by atoms with Gasteiger partial charge in [0.15, 0.2) is 0 Å². The number of nitrogens with zero attached hydrogens (tertiary/aromatic N) is 1. The van der Waals surface area contributed by atoms with Gasteiger partial charge in [-0.2, -0.15) is 0 Å². The summed E-state index contributed by atoms with van der Waals surface area (Å²) in [6.45, 7) is 2.71. The van der Waals surface area contributed by atoms with Crippen molar-refractivity contribution in [3.8, 4) is 0 Å². The van der Waals surface area contributed by atoms with Crippen LogP contribution in [0.4, 0.5) is 11.4 Å². The number of nitrogens with one attached hydrogen (secondary N) is 1. The van der Waals surface area contributed by atoms with E-state index in [1.807, 2.05) is 31.2 Å². The molecular weight excluding hydrogens is 234 g/mol. The van der Waals surface area contributed by atoms with Gasteiger partial charge >= 0.3 is 0 Å². The molecule has 0 aliphatic carbocycles. The summed E-state index contributed by atoms with van der Waals surface area (Å²) in [4.78, 5) is 3.94. The molecule has 0 fully saturated rings. The Morgan fingerprint density at radius 3 is 2.94 bits per heavy atom. The van der Waals surface area contributed by atoms with Crippen molar-refractivity contribution in [2.45, 2.75) is 13.5 Å². The molecule has 0 saturated carbocycles. The van der Waals surface area contributed by atoms with Crippen LogP contribution in [0, 0.1) is 6.92 Å². The van der Waals surface area contributed by atoms with E-state index in [0.29, 0.717) is 11.6 Å². The molecule has 3 N–H and O–H groups in total. The first-order valence-electron chi connectivity index (χ1n) is 5.36. The number of nitrogen functional groups attached to an aromatic ring is 1. The molecule has 1 aromatic heterocycles. The van der Waals surface area contributed by atoms with Gasteiger partial charge in [0.1, 0.15) is 0 Å². The maximum atomic E-state index is 6.01. The normalized spacial score (nSPS) is 10.2. The van der Waals surface area contributed by atoms with Gasteiger partial charge in [-0.15, -0.1) is 0 Å². The Kier molecular flexibility index (Phi) is 3.49. The SMILES string of the molecule is Cc1c(N)cccc1CNc1ccncc1Cl. The number of anilines is 2. The minimum atomic E-state index is 0.619. The molecule has 0 atom stereocenters. The molecule has 2 aromatic rings. The lowest BCUT2D eigenvalue weighted by Gasteiger charge is -2.11. The number of halogens is 1. The standard InChI is InChI=1S/C13H14ClN3/c1-9-10(3-2-4-12(9)15)7-17-13-5-6-16-8-11(13)14/h2-6,8H,7,15H2,1H3,(H,16,17). The fourth-order valence-corrected chi connectivity index (χ4v) is 1.79. The fraction of sp³-hybridized carbons (Fsp3) is 0.154. The molecular formula is C13H14ClN3. The lowest BCUT2D eigenvalue weighted by molar-refractivity contribution is 1.12. The zero-order chi connectivity index (χ0) is 12.3. The quantitative estimate of drug-likeness (QED) is 0.819. The molecule has 0 bridgehead atoms. The van der Waals surface area contributed by atoms with Crippen LogP contribution in [0.2, 0.25) is 5.02 Å². The van der Waals surface area contributed by atoms with E-state index in [1.54, 1.807) is 12.4 Å². The molecule has 0 radical (unpaired) electrons. The van der Waals surface area contributed by atoms with Crippen molar-refractivity contribution >= 4 is 23.0 Å². The molecule has 4 heteroatoms. The number of benzene rings is 1. The molecule has 1 heterocycles. The minimum absolute atomic E-state index is 0.619. The monoisotopic (exact) mass is 247 g/mol. The van der Waals surface area contributed by atoms with Crippen molar-refractivity contribution in [2.75, 3.05) is 11.1 Å². The number of hydrogen-bond donors (Lipinski definition) is 2. The van der Waals surface area contributed by atoms with Gasteiger partial charge in [0, 0.05) is 24.6 Å². The highest BCUT2D eigenvalue weighted by Gasteiger charge is 2.03. The third-order valence-corrected chi connectivity index (χ3v) is 3.03. The molecule has 0 spiro atoms. The molecule has 17 heavy (non-hydrogen) atoms. The van der Waals surface area contributed by atoms with Crippen molar-refractivity contribution in [2.24, 2.45) is 0 Å². The van der Waals surface area contributed by atoms with Crippen LogP contribution in [0.1, 0.15) is 11.1 Å². The molecule has 1 aromatic carbocycles. The Hall–Kier alpha value is -1.74. The maximum Gasteiger partial charge on any atom is 0.0820 e. The highest BCUT2D eigenvalue weighted by atomic mass is 35.5. The van der Waals surface area contributed by atoms with Crippen LogP contribution in [0.15, 0.2) is 36.7 Å². The largest absolute Gasteiger partial charge is 0.399 e. The molecule has 0 saturated heterocycles. The van der Waals surface area contributed by atoms with E-state index in [4.69, 9.17) is 17.3 Å². The van der Waals surface area contributed by atoms with Gasteiger partial charge in [-0.25, -0.2) is 0 Å². The first-order chi connectivity index (χ1) is 8.18. The summed E-state index contributed by atoms with van der Waals surface area (Å²) in [5, 5.41) is 3.89. The molecule has 88 valence electrons. The van der Waals surface area contributed by atoms with E-state index < -0.39 is 0 Å². The van der Waals surface area contributed by atoms with Crippen molar-refractivity contribution in [1.82, 2.24) is 4.98 Å². The lowest BCUT2D eigenvalue weighted by atomic mass is 10.1. The van der Waals surface area contributed by atoms with E-state index in [2.05, 4.69) is 10.3 Å². The summed E-state index contributed by atoms with van der Waals surface area (Å²) < 4.78 is 0. The Bertz CT molecular complexity index is 526. The summed E-state index contributed by atoms with van der Waals surface area (Å²) in [6.07, 6.45) is 3.33. The van der Waals surface area contributed by atoms with Gasteiger partial charge in [-0.3, -0.25) is 4.98 Å². The van der Waals surface area contributed by atoms with E-state index in [1.165, 1.54) is 0 Å². The minimum Gasteiger partial charge on any atom is -0.399 e. The van der Waals surface area contributed by atoms with Gasteiger partial charge < -0.3 is 11.1 Å². The zero-order valence-electron chi connectivity index (χ0n) is 9.57. The van der Waals surface area contributed by atoms with Crippen molar-refractivity contribution in [3.63, 3.8) is 0 Å². The molecule has 0 aliphatic heterocycles. The third kappa shape index (κ3) is 2.68. The number of pyridine rings is 1. The van der Waals surface area contributed by atoms with Crippen LogP contribution >= 0.6 is 11.6 Å². The van der Waals surface area contributed by atoms with Gasteiger partial charge in [0.2, 0.25) is 0 Å². The predicted molar refractivity (Wildman–Crippen MR) is 72.2 cm³/mol. The van der Waals surface area contributed by atoms with Crippen LogP contribution in [0.25, 0.3) is 0 Å². The Labute approximate surface area is 106 Å². The molecule has 0 aliphatic rings. The van der Waals surface area contributed by atoms with Crippen molar-refractivity contribution in [1.29, 1.82) is 0 Å². The van der Waals surface area contributed by atoms with Crippen molar-refractivity contribution in [3.05, 3.63) is 52.8 Å². The van der Waals surface area contributed by atoms with Gasteiger partial charge in [0.05, 0.1) is 10.7 Å². The van der Waals surface area contributed by atoms with Crippen LogP contribution in [0.3, 0.4) is 0 Å². The fourth-order valence-electron chi connectivity index (χ4n) is 1.60. The van der Waals surface area contributed by atoms with Gasteiger partial charge in [-0.1, -0.05) is 23.7 Å². The second kappa shape index (κ2) is 5.06. The highest BCUT2D eigenvalue weighted by Crippen LogP contribution is 2.21. The molecule has 2 rings (SSSR count). The van der Waals surface area contributed by atoms with E-state index >= 15 is 0 Å². The van der Waals surface area contributed by atoms with Gasteiger partial charge in [-0.05, 0) is 30.2 Å². The van der Waals surface area contributed by atoms with Crippen LogP contribution in [-0.2, 0) is 6.54 Å². The Morgan fingerprint density at radius 1 is 1.35 bits per heavy atom. The third-order valence-electron chi connectivity index (χ3n) is 2.73. The lowest BCUT2D eigenvalue weighted by Crippen LogP contribution is -2.03. The molecule has 0 amide bonds. The number of rotatable bonds is 3. The predicted octanol–water partition coefficient (Wildman–Crippen LogP) is 3.24. The van der Waals surface area contributed by atoms with E-state index in [-0.39, 0.29) is 0 Å². The van der Waals surface area contributed by atoms with Crippen LogP contribution in [-0.4, -0.2) is 4.98 Å². The second-order valence-corrected chi connectivity index (χ2v) is 4.25. The Morgan fingerprint density at radius 2 is 2.18 bits per heavy atom. The topological polar surface area (TPSA) is 50.9 Å². The maximum absolute atomic E-state index is 6.01. The smallest absolute Gasteiger partial charge is 0.0820 e. The highest BCUT2D eigenvalue weighted by molar-refractivity contribution is 6.33. The first kappa shape index (κ1) is 11.7. The molecule has 3 nitrogen and oxygen atoms in total. The van der Waals surface area contributed by atoms with Crippen molar-refractivity contribution < 1.29 is 0 Å². The summed E-state index contributed by atoms with van der Waals surface area (Å²) in [5.74, 6) is 0.